The van der Waals surface area contributed by atoms with E-state index in [1.165, 1.54) is 16.8 Å². The largest absolute Gasteiger partial charge is 0.486 e. The van der Waals surface area contributed by atoms with E-state index in [2.05, 4.69) is 10.4 Å². The lowest BCUT2D eigenvalue weighted by Gasteiger charge is -2.26. The standard InChI is InChI=1S/C23H22FN3O5/c1-14-22(15(2)27(26-14)17-9-7-16(24)8-10-17)23(29)31-13-21(28)25-11-18-12-30-19-5-3-4-6-20(19)32-18/h3-10,18H,11-13H2,1-2H3,(H,25,28). The summed E-state index contributed by atoms with van der Waals surface area (Å²) in [4.78, 5) is 24.7. The summed E-state index contributed by atoms with van der Waals surface area (Å²) in [7, 11) is 0. The second kappa shape index (κ2) is 9.09. The van der Waals surface area contributed by atoms with Crippen molar-refractivity contribution in [2.45, 2.75) is 20.0 Å². The summed E-state index contributed by atoms with van der Waals surface area (Å²) < 4.78 is 31.3. The molecule has 0 radical (unpaired) electrons. The highest BCUT2D eigenvalue weighted by Gasteiger charge is 2.23. The molecule has 2 heterocycles. The van der Waals surface area contributed by atoms with E-state index < -0.39 is 18.5 Å². The number of carbonyl (C=O) groups is 2. The van der Waals surface area contributed by atoms with Gasteiger partial charge in [0, 0.05) is 0 Å². The van der Waals surface area contributed by atoms with Crippen LogP contribution in [0.4, 0.5) is 4.39 Å². The summed E-state index contributed by atoms with van der Waals surface area (Å²) in [5, 5.41) is 7.01. The highest BCUT2D eigenvalue weighted by Crippen LogP contribution is 2.30. The van der Waals surface area contributed by atoms with Crippen LogP contribution in [0.1, 0.15) is 21.7 Å². The third-order valence-electron chi connectivity index (χ3n) is 5.00. The minimum Gasteiger partial charge on any atom is -0.486 e. The maximum absolute atomic E-state index is 13.2. The fraction of sp³-hybridized carbons (Fsp3) is 0.261. The van der Waals surface area contributed by atoms with Crippen molar-refractivity contribution in [1.82, 2.24) is 15.1 Å². The van der Waals surface area contributed by atoms with E-state index in [-0.39, 0.29) is 24.0 Å². The lowest BCUT2D eigenvalue weighted by molar-refractivity contribution is -0.124. The van der Waals surface area contributed by atoms with Gasteiger partial charge in [0.05, 0.1) is 23.6 Å². The van der Waals surface area contributed by atoms with Crippen LogP contribution in [0, 0.1) is 19.7 Å². The molecule has 2 aromatic carbocycles. The fourth-order valence-corrected chi connectivity index (χ4v) is 3.42. The van der Waals surface area contributed by atoms with Gasteiger partial charge < -0.3 is 19.5 Å². The summed E-state index contributed by atoms with van der Waals surface area (Å²) in [5.41, 5.74) is 1.86. The van der Waals surface area contributed by atoms with Crippen molar-refractivity contribution in [2.24, 2.45) is 0 Å². The molecule has 0 saturated carbocycles. The molecule has 1 aliphatic heterocycles. The predicted octanol–water partition coefficient (Wildman–Crippen LogP) is 2.74. The molecule has 3 aromatic rings. The number of carbonyl (C=O) groups excluding carboxylic acids is 2. The van der Waals surface area contributed by atoms with Crippen LogP contribution < -0.4 is 14.8 Å². The van der Waals surface area contributed by atoms with Crippen LogP contribution in [-0.2, 0) is 9.53 Å². The van der Waals surface area contributed by atoms with Gasteiger partial charge in [0.25, 0.3) is 5.91 Å². The van der Waals surface area contributed by atoms with Gasteiger partial charge >= 0.3 is 5.97 Å². The number of amides is 1. The lowest BCUT2D eigenvalue weighted by Crippen LogP contribution is -2.42. The Morgan fingerprint density at radius 3 is 2.62 bits per heavy atom. The second-order valence-corrected chi connectivity index (χ2v) is 7.31. The quantitative estimate of drug-likeness (QED) is 0.594. The zero-order chi connectivity index (χ0) is 22.7. The van der Waals surface area contributed by atoms with E-state index in [0.717, 1.165) is 0 Å². The number of halogens is 1. The SMILES string of the molecule is Cc1nn(-c2ccc(F)cc2)c(C)c1C(=O)OCC(=O)NCC1COc2ccccc2O1. The summed E-state index contributed by atoms with van der Waals surface area (Å²) in [6.45, 7) is 3.45. The second-order valence-electron chi connectivity index (χ2n) is 7.31. The molecule has 166 valence electrons. The fourth-order valence-electron chi connectivity index (χ4n) is 3.42. The van der Waals surface area contributed by atoms with E-state index in [1.807, 2.05) is 18.2 Å². The number of para-hydroxylation sites is 2. The third kappa shape index (κ3) is 4.56. The van der Waals surface area contributed by atoms with Crippen molar-refractivity contribution >= 4 is 11.9 Å². The number of ether oxygens (including phenoxy) is 3. The molecule has 1 N–H and O–H groups in total. The maximum atomic E-state index is 13.2. The monoisotopic (exact) mass is 439 g/mol. The first kappa shape index (κ1) is 21.4. The molecule has 8 nitrogen and oxygen atoms in total. The number of esters is 1. The van der Waals surface area contributed by atoms with Gasteiger partial charge in [-0.3, -0.25) is 4.79 Å². The van der Waals surface area contributed by atoms with Gasteiger partial charge in [-0.15, -0.1) is 0 Å². The van der Waals surface area contributed by atoms with E-state index in [0.29, 0.717) is 35.2 Å². The molecule has 4 rings (SSSR count). The molecule has 0 fully saturated rings. The molecule has 1 amide bonds. The van der Waals surface area contributed by atoms with Crippen molar-refractivity contribution in [2.75, 3.05) is 19.8 Å². The van der Waals surface area contributed by atoms with Crippen LogP contribution in [0.15, 0.2) is 48.5 Å². The molecular formula is C23H22FN3O5. The van der Waals surface area contributed by atoms with E-state index in [4.69, 9.17) is 14.2 Å². The van der Waals surface area contributed by atoms with Crippen LogP contribution >= 0.6 is 0 Å². The van der Waals surface area contributed by atoms with E-state index in [9.17, 15) is 14.0 Å². The number of hydrogen-bond acceptors (Lipinski definition) is 6. The van der Waals surface area contributed by atoms with Crippen LogP contribution in [0.3, 0.4) is 0 Å². The molecule has 0 spiro atoms. The van der Waals surface area contributed by atoms with Gasteiger partial charge in [-0.05, 0) is 50.2 Å². The normalized spacial score (nSPS) is 14.7. The van der Waals surface area contributed by atoms with Crippen molar-refractivity contribution in [3.05, 3.63) is 71.3 Å². The smallest absolute Gasteiger partial charge is 0.342 e. The Hall–Kier alpha value is -3.88. The van der Waals surface area contributed by atoms with Gasteiger partial charge in [-0.2, -0.15) is 5.10 Å². The Morgan fingerprint density at radius 2 is 1.88 bits per heavy atom. The van der Waals surface area contributed by atoms with Crippen LogP contribution in [0.5, 0.6) is 11.5 Å². The average Bonchev–Trinajstić information content (AvgIpc) is 3.10. The van der Waals surface area contributed by atoms with Crippen molar-refractivity contribution in [3.8, 4) is 17.2 Å². The molecule has 0 saturated heterocycles. The summed E-state index contributed by atoms with van der Waals surface area (Å²) >= 11 is 0. The minimum atomic E-state index is -0.658. The number of nitrogens with zero attached hydrogens (tertiary/aromatic N) is 2. The van der Waals surface area contributed by atoms with Gasteiger partial charge in [-0.25, -0.2) is 13.9 Å². The third-order valence-corrected chi connectivity index (χ3v) is 5.00. The zero-order valence-corrected chi connectivity index (χ0v) is 17.6. The predicted molar refractivity (Wildman–Crippen MR) is 113 cm³/mol. The van der Waals surface area contributed by atoms with Gasteiger partial charge in [0.15, 0.2) is 18.1 Å². The Morgan fingerprint density at radius 1 is 1.16 bits per heavy atom. The summed E-state index contributed by atoms with van der Waals surface area (Å²) in [6, 6.07) is 13.0. The number of hydrogen-bond donors (Lipinski definition) is 1. The zero-order valence-electron chi connectivity index (χ0n) is 17.6. The van der Waals surface area contributed by atoms with Crippen molar-refractivity contribution < 1.29 is 28.2 Å². The maximum Gasteiger partial charge on any atom is 0.342 e. The Kier molecular flexibility index (Phi) is 6.07. The van der Waals surface area contributed by atoms with Crippen LogP contribution in [-0.4, -0.2) is 47.5 Å². The topological polar surface area (TPSA) is 91.7 Å². The molecule has 1 unspecified atom stereocenters. The van der Waals surface area contributed by atoms with Crippen LogP contribution in [0.2, 0.25) is 0 Å². The molecule has 1 aliphatic rings. The molecule has 1 aromatic heterocycles. The Balaban J connectivity index is 1.31. The molecule has 32 heavy (non-hydrogen) atoms. The number of nitrogens with one attached hydrogen (secondary N) is 1. The van der Waals surface area contributed by atoms with Gasteiger partial charge in [0.2, 0.25) is 0 Å². The number of fused-ring (bicyclic) bond motifs is 1. The molecular weight excluding hydrogens is 417 g/mol. The van der Waals surface area contributed by atoms with Gasteiger partial charge in [-0.1, -0.05) is 12.1 Å². The van der Waals surface area contributed by atoms with E-state index >= 15 is 0 Å². The minimum absolute atomic E-state index is 0.214. The first-order valence-electron chi connectivity index (χ1n) is 10.1. The van der Waals surface area contributed by atoms with E-state index in [1.54, 1.807) is 32.0 Å². The number of aryl methyl sites for hydroxylation is 1. The molecule has 1 atom stereocenters. The molecule has 0 bridgehead atoms. The number of benzene rings is 2. The first-order chi connectivity index (χ1) is 15.4. The number of rotatable bonds is 6. The van der Waals surface area contributed by atoms with Crippen molar-refractivity contribution in [1.29, 1.82) is 0 Å². The van der Waals surface area contributed by atoms with Gasteiger partial charge in [0.1, 0.15) is 24.1 Å². The molecule has 0 aliphatic carbocycles. The highest BCUT2D eigenvalue weighted by atomic mass is 19.1. The average molecular weight is 439 g/mol. The Labute approximate surface area is 183 Å². The highest BCUT2D eigenvalue weighted by molar-refractivity contribution is 5.93. The first-order valence-corrected chi connectivity index (χ1v) is 10.1. The Bertz CT molecular complexity index is 1140. The summed E-state index contributed by atoms with van der Waals surface area (Å²) in [6.07, 6.45) is -0.344. The molecule has 9 heteroatoms. The summed E-state index contributed by atoms with van der Waals surface area (Å²) in [5.74, 6) is -0.198. The lowest BCUT2D eigenvalue weighted by atomic mass is 10.2. The number of aromatic nitrogens is 2. The van der Waals surface area contributed by atoms with Crippen LogP contribution in [0.25, 0.3) is 5.69 Å². The van der Waals surface area contributed by atoms with Crippen molar-refractivity contribution in [3.63, 3.8) is 0 Å².